The highest BCUT2D eigenvalue weighted by molar-refractivity contribution is 6.00. The fraction of sp³-hybridized carbons (Fsp3) is 0.394. The molecule has 3 rings (SSSR count). The first-order valence-electron chi connectivity index (χ1n) is 14.4. The Kier molecular flexibility index (Phi) is 12.9. The van der Waals surface area contributed by atoms with Crippen molar-refractivity contribution in [1.29, 1.82) is 0 Å². The van der Waals surface area contributed by atoms with E-state index in [-0.39, 0.29) is 24.4 Å². The Hall–Kier alpha value is -3.82. The number of carbonyl (C=O) groups is 2. The third kappa shape index (κ3) is 10.2. The number of nitrogens with one attached hydrogen (secondary N) is 2. The van der Waals surface area contributed by atoms with E-state index < -0.39 is 29.7 Å². The predicted octanol–water partition coefficient (Wildman–Crippen LogP) is 4.91. The van der Waals surface area contributed by atoms with Crippen LogP contribution in [0.15, 0.2) is 66.7 Å². The number of aryl methyl sites for hydroxylation is 1. The van der Waals surface area contributed by atoms with Gasteiger partial charge >= 0.3 is 0 Å². The van der Waals surface area contributed by atoms with Crippen LogP contribution in [0.5, 0.6) is 5.75 Å². The summed E-state index contributed by atoms with van der Waals surface area (Å²) < 4.78 is 33.5. The van der Waals surface area contributed by atoms with Gasteiger partial charge in [0.2, 0.25) is 0 Å². The van der Waals surface area contributed by atoms with Crippen molar-refractivity contribution in [1.82, 2.24) is 15.5 Å². The van der Waals surface area contributed by atoms with E-state index in [1.54, 1.807) is 30.0 Å². The molecule has 2 amide bonds. The van der Waals surface area contributed by atoms with Crippen LogP contribution in [0, 0.1) is 18.6 Å². The maximum absolute atomic E-state index is 13.9. The highest BCUT2D eigenvalue weighted by Crippen LogP contribution is 2.16. The van der Waals surface area contributed by atoms with Crippen LogP contribution in [0.25, 0.3) is 0 Å². The number of halogens is 2. The number of ether oxygens (including phenoxy) is 1. The molecule has 0 bridgehead atoms. The van der Waals surface area contributed by atoms with E-state index in [0.717, 1.165) is 30.2 Å². The fourth-order valence-corrected chi connectivity index (χ4v) is 4.74. The highest BCUT2D eigenvalue weighted by atomic mass is 19.1. The van der Waals surface area contributed by atoms with Crippen molar-refractivity contribution in [2.24, 2.45) is 0 Å². The zero-order valence-electron chi connectivity index (χ0n) is 24.5. The van der Waals surface area contributed by atoms with Gasteiger partial charge in [-0.1, -0.05) is 32.0 Å². The number of hydrogen-bond donors (Lipinski definition) is 3. The number of hydrogen-bond acceptors (Lipinski definition) is 5. The quantitative estimate of drug-likeness (QED) is 0.209. The van der Waals surface area contributed by atoms with Crippen molar-refractivity contribution >= 4 is 11.8 Å². The van der Waals surface area contributed by atoms with E-state index in [1.807, 2.05) is 44.2 Å². The second-order valence-corrected chi connectivity index (χ2v) is 10.4. The molecule has 0 fully saturated rings. The maximum atomic E-state index is 13.9. The molecule has 42 heavy (non-hydrogen) atoms. The molecule has 0 heterocycles. The van der Waals surface area contributed by atoms with Gasteiger partial charge in [0.05, 0.1) is 12.1 Å². The molecule has 0 aromatic heterocycles. The predicted molar refractivity (Wildman–Crippen MR) is 160 cm³/mol. The number of aliphatic hydroxyl groups is 1. The standard InChI is InChI=1S/C33H41F2N3O4/c1-4-12-38(13-5-2)33(41)26-16-23(3)15-25(20-26)32(40)37-30(19-24-17-27(34)21-28(35)18-24)31(39)22-36-11-14-42-29-9-7-6-8-10-29/h6-10,15-18,20-21,30-31,36,39H,4-5,11-14,19,22H2,1-3H3,(H,37,40)/t30-,31+/m0/s1. The zero-order chi connectivity index (χ0) is 30.5. The number of carbonyl (C=O) groups excluding carboxylic acids is 2. The van der Waals surface area contributed by atoms with Crippen LogP contribution < -0.4 is 15.4 Å². The molecule has 3 aromatic rings. The summed E-state index contributed by atoms with van der Waals surface area (Å²) >= 11 is 0. The molecule has 0 saturated heterocycles. The molecule has 226 valence electrons. The zero-order valence-corrected chi connectivity index (χ0v) is 24.5. The summed E-state index contributed by atoms with van der Waals surface area (Å²) in [4.78, 5) is 28.4. The lowest BCUT2D eigenvalue weighted by Gasteiger charge is -2.25. The lowest BCUT2D eigenvalue weighted by molar-refractivity contribution is 0.0755. The maximum Gasteiger partial charge on any atom is 0.253 e. The number of rotatable bonds is 16. The first-order valence-corrected chi connectivity index (χ1v) is 14.4. The Labute approximate surface area is 246 Å². The van der Waals surface area contributed by atoms with Gasteiger partial charge in [0.25, 0.3) is 11.8 Å². The molecular weight excluding hydrogens is 540 g/mol. The van der Waals surface area contributed by atoms with Crippen LogP contribution in [0.4, 0.5) is 8.78 Å². The van der Waals surface area contributed by atoms with E-state index in [0.29, 0.717) is 37.4 Å². The second kappa shape index (κ2) is 16.6. The van der Waals surface area contributed by atoms with Crippen molar-refractivity contribution in [3.8, 4) is 5.75 Å². The van der Waals surface area contributed by atoms with Crippen LogP contribution in [0.1, 0.15) is 58.5 Å². The largest absolute Gasteiger partial charge is 0.492 e. The van der Waals surface area contributed by atoms with Gasteiger partial charge in [-0.05, 0) is 79.8 Å². The van der Waals surface area contributed by atoms with Gasteiger partial charge < -0.3 is 25.4 Å². The van der Waals surface area contributed by atoms with Crippen LogP contribution in [0.3, 0.4) is 0 Å². The summed E-state index contributed by atoms with van der Waals surface area (Å²) in [6.45, 7) is 7.93. The van der Waals surface area contributed by atoms with Crippen molar-refractivity contribution in [2.45, 2.75) is 52.2 Å². The molecule has 0 aliphatic carbocycles. The number of nitrogens with zero attached hydrogens (tertiary/aromatic N) is 1. The number of amides is 2. The second-order valence-electron chi connectivity index (χ2n) is 10.4. The molecule has 0 aliphatic rings. The fourth-order valence-electron chi connectivity index (χ4n) is 4.74. The van der Waals surface area contributed by atoms with Crippen molar-refractivity contribution < 1.29 is 28.2 Å². The van der Waals surface area contributed by atoms with E-state index in [9.17, 15) is 23.5 Å². The minimum absolute atomic E-state index is 0.0117. The number of benzene rings is 3. The average Bonchev–Trinajstić information content (AvgIpc) is 2.95. The van der Waals surface area contributed by atoms with Gasteiger partial charge in [-0.15, -0.1) is 0 Å². The normalized spacial score (nSPS) is 12.4. The van der Waals surface area contributed by atoms with E-state index >= 15 is 0 Å². The molecule has 0 saturated carbocycles. The van der Waals surface area contributed by atoms with Crippen LogP contribution >= 0.6 is 0 Å². The first-order chi connectivity index (χ1) is 20.2. The molecule has 0 radical (unpaired) electrons. The molecule has 9 heteroatoms. The first kappa shape index (κ1) is 32.7. The summed E-state index contributed by atoms with van der Waals surface area (Å²) in [5, 5.41) is 17.0. The Bertz CT molecular complexity index is 1280. The lowest BCUT2D eigenvalue weighted by Crippen LogP contribution is -2.49. The molecular formula is C33H41F2N3O4. The van der Waals surface area contributed by atoms with Gasteiger partial charge in [0, 0.05) is 43.4 Å². The van der Waals surface area contributed by atoms with Gasteiger partial charge in [-0.25, -0.2) is 8.78 Å². The summed E-state index contributed by atoms with van der Waals surface area (Å²) in [7, 11) is 0. The monoisotopic (exact) mass is 581 g/mol. The SMILES string of the molecule is CCCN(CCC)C(=O)c1cc(C)cc(C(=O)N[C@@H](Cc2cc(F)cc(F)c2)[C@H](O)CNCCOc2ccccc2)c1. The third-order valence-corrected chi connectivity index (χ3v) is 6.66. The molecule has 0 spiro atoms. The Balaban J connectivity index is 1.73. The molecule has 3 N–H and O–H groups in total. The summed E-state index contributed by atoms with van der Waals surface area (Å²) in [6.07, 6.45) is 0.532. The van der Waals surface area contributed by atoms with E-state index in [4.69, 9.17) is 4.74 Å². The van der Waals surface area contributed by atoms with Crippen LogP contribution in [-0.2, 0) is 6.42 Å². The average molecular weight is 582 g/mol. The lowest BCUT2D eigenvalue weighted by atomic mass is 9.99. The summed E-state index contributed by atoms with van der Waals surface area (Å²) in [5.74, 6) is -1.41. The molecule has 0 unspecified atom stereocenters. The smallest absolute Gasteiger partial charge is 0.253 e. The van der Waals surface area contributed by atoms with E-state index in [2.05, 4.69) is 10.6 Å². The van der Waals surface area contributed by atoms with Crippen LogP contribution in [-0.4, -0.2) is 66.8 Å². The topological polar surface area (TPSA) is 90.9 Å². The molecule has 3 aromatic carbocycles. The van der Waals surface area contributed by atoms with Gasteiger partial charge in [-0.2, -0.15) is 0 Å². The van der Waals surface area contributed by atoms with Crippen molar-refractivity contribution in [2.75, 3.05) is 32.8 Å². The van der Waals surface area contributed by atoms with Crippen molar-refractivity contribution in [3.63, 3.8) is 0 Å². The minimum atomic E-state index is -1.09. The molecule has 0 aliphatic heterocycles. The Morgan fingerprint density at radius 2 is 1.57 bits per heavy atom. The summed E-state index contributed by atoms with van der Waals surface area (Å²) in [5.41, 5.74) is 1.70. The highest BCUT2D eigenvalue weighted by Gasteiger charge is 2.24. The summed E-state index contributed by atoms with van der Waals surface area (Å²) in [6, 6.07) is 16.5. The molecule has 7 nitrogen and oxygen atoms in total. The van der Waals surface area contributed by atoms with Gasteiger partial charge in [0.15, 0.2) is 0 Å². The van der Waals surface area contributed by atoms with Gasteiger partial charge in [-0.3, -0.25) is 9.59 Å². The van der Waals surface area contributed by atoms with Crippen LogP contribution in [0.2, 0.25) is 0 Å². The Morgan fingerprint density at radius 1 is 0.929 bits per heavy atom. The molecule has 2 atom stereocenters. The number of aliphatic hydroxyl groups excluding tert-OH is 1. The third-order valence-electron chi connectivity index (χ3n) is 6.66. The van der Waals surface area contributed by atoms with Crippen molar-refractivity contribution in [3.05, 3.63) is 101 Å². The Morgan fingerprint density at radius 3 is 2.21 bits per heavy atom. The minimum Gasteiger partial charge on any atom is -0.492 e. The van der Waals surface area contributed by atoms with E-state index in [1.165, 1.54) is 12.1 Å². The number of para-hydroxylation sites is 1. The van der Waals surface area contributed by atoms with Gasteiger partial charge in [0.1, 0.15) is 24.0 Å².